The number of piperazine rings is 1. The van der Waals surface area contributed by atoms with E-state index in [9.17, 15) is 9.59 Å². The maximum absolute atomic E-state index is 13.0. The van der Waals surface area contributed by atoms with E-state index in [4.69, 9.17) is 9.72 Å². The molecule has 3 aromatic heterocycles. The maximum atomic E-state index is 13.0. The summed E-state index contributed by atoms with van der Waals surface area (Å²) in [5, 5.41) is 12.8. The molecule has 0 saturated carbocycles. The number of tetrazole rings is 1. The monoisotopic (exact) mass is 560 g/mol. The van der Waals surface area contributed by atoms with Gasteiger partial charge in [-0.25, -0.2) is 4.79 Å². The van der Waals surface area contributed by atoms with Gasteiger partial charge in [0.25, 0.3) is 5.56 Å². The first-order chi connectivity index (χ1) is 19.5. The van der Waals surface area contributed by atoms with Gasteiger partial charge in [-0.15, -0.1) is 5.10 Å². The predicted octanol–water partition coefficient (Wildman–Crippen LogP) is 1.53. The van der Waals surface area contributed by atoms with Crippen molar-refractivity contribution in [1.29, 1.82) is 0 Å². The number of nitrogens with zero attached hydrogens (tertiary/aromatic N) is 9. The highest BCUT2D eigenvalue weighted by atomic mass is 32.2. The molecule has 0 radical (unpaired) electrons. The van der Waals surface area contributed by atoms with Crippen LogP contribution in [0, 0.1) is 0 Å². The van der Waals surface area contributed by atoms with Crippen LogP contribution in [0.2, 0.25) is 0 Å². The van der Waals surface area contributed by atoms with Gasteiger partial charge in [0.05, 0.1) is 12.8 Å². The van der Waals surface area contributed by atoms with Crippen LogP contribution >= 0.6 is 11.8 Å². The van der Waals surface area contributed by atoms with Gasteiger partial charge in [-0.05, 0) is 46.8 Å². The Hall–Kier alpha value is -4.59. The van der Waals surface area contributed by atoms with Crippen molar-refractivity contribution in [3.05, 3.63) is 75.4 Å². The van der Waals surface area contributed by atoms with Crippen LogP contribution in [0.1, 0.15) is 0 Å². The minimum Gasteiger partial charge on any atom is -0.497 e. The van der Waals surface area contributed by atoms with Crippen molar-refractivity contribution in [2.75, 3.05) is 48.8 Å². The fourth-order valence-electron chi connectivity index (χ4n) is 4.86. The zero-order chi connectivity index (χ0) is 27.6. The maximum Gasteiger partial charge on any atom is 0.329 e. The second kappa shape index (κ2) is 10.9. The summed E-state index contributed by atoms with van der Waals surface area (Å²) in [6.07, 6.45) is 0. The molecule has 206 valence electrons. The topological polar surface area (TPSA) is 132 Å². The first-order valence-corrected chi connectivity index (χ1v) is 13.8. The number of hydrogen-bond acceptors (Lipinski definition) is 10. The number of H-pyrrole nitrogens is 1. The van der Waals surface area contributed by atoms with Crippen molar-refractivity contribution in [1.82, 2.24) is 39.3 Å². The van der Waals surface area contributed by atoms with Crippen LogP contribution in [0.4, 0.5) is 11.6 Å². The highest BCUT2D eigenvalue weighted by Crippen LogP contribution is 2.26. The Morgan fingerprint density at radius 2 is 1.68 bits per heavy atom. The van der Waals surface area contributed by atoms with Gasteiger partial charge in [-0.3, -0.25) is 14.3 Å². The fraction of sp³-hybridized carbons (Fsp3) is 0.308. The third-order valence-corrected chi connectivity index (χ3v) is 7.87. The molecule has 2 aromatic carbocycles. The molecule has 1 aliphatic heterocycles. The molecule has 5 aromatic rings. The van der Waals surface area contributed by atoms with E-state index in [-0.39, 0.29) is 0 Å². The highest BCUT2D eigenvalue weighted by Gasteiger charge is 2.25. The lowest BCUT2D eigenvalue weighted by Gasteiger charge is -2.36. The zero-order valence-electron chi connectivity index (χ0n) is 22.1. The number of aryl methyl sites for hydroxylation is 2. The number of fused-ring (bicyclic) bond motifs is 1. The number of thioether (sulfide) groups is 1. The molecule has 1 aliphatic rings. The fourth-order valence-corrected chi connectivity index (χ4v) is 5.68. The van der Waals surface area contributed by atoms with Gasteiger partial charge < -0.3 is 19.1 Å². The zero-order valence-corrected chi connectivity index (χ0v) is 22.9. The number of aromatic amines is 1. The van der Waals surface area contributed by atoms with Crippen LogP contribution in [0.3, 0.4) is 0 Å². The Labute approximate surface area is 233 Å². The molecule has 0 atom stereocenters. The Kier molecular flexibility index (Phi) is 6.99. The summed E-state index contributed by atoms with van der Waals surface area (Å²) in [6, 6.07) is 17.7. The quantitative estimate of drug-likeness (QED) is 0.279. The number of ether oxygens (including phenoxy) is 1. The number of benzene rings is 2. The molecule has 0 amide bonds. The van der Waals surface area contributed by atoms with Crippen LogP contribution in [-0.4, -0.2) is 78.4 Å². The summed E-state index contributed by atoms with van der Waals surface area (Å²) in [5.41, 5.74) is 1.78. The van der Waals surface area contributed by atoms with Crippen LogP contribution in [0.15, 0.2) is 69.3 Å². The molecule has 0 aliphatic carbocycles. The number of hydrogen-bond donors (Lipinski definition) is 1. The molecule has 40 heavy (non-hydrogen) atoms. The van der Waals surface area contributed by atoms with Gasteiger partial charge in [0.2, 0.25) is 11.1 Å². The van der Waals surface area contributed by atoms with Crippen molar-refractivity contribution in [2.24, 2.45) is 7.05 Å². The number of nitrogens with one attached hydrogen (secondary N) is 1. The minimum absolute atomic E-state index is 0.362. The number of imidazole rings is 1. The summed E-state index contributed by atoms with van der Waals surface area (Å²) >= 11 is 1.49. The smallest absolute Gasteiger partial charge is 0.329 e. The predicted molar refractivity (Wildman–Crippen MR) is 153 cm³/mol. The standard InChI is InChI=1S/C26H28N10O3S/c1-32-22-21(23(37)28-25(32)38)35(16-17-40-26-29-30-31-36(26)19-6-4-3-5-7-19)24(27-22)34-14-12-33(13-15-34)18-8-10-20(39-2)11-9-18/h3-11H,12-17H2,1-2H3,(H,28,37,38). The molecule has 0 spiro atoms. The summed E-state index contributed by atoms with van der Waals surface area (Å²) in [6.45, 7) is 3.45. The Balaban J connectivity index is 1.25. The Bertz CT molecular complexity index is 1730. The van der Waals surface area contributed by atoms with Gasteiger partial charge in [0, 0.05) is 51.2 Å². The molecule has 1 N–H and O–H groups in total. The molecule has 1 fully saturated rings. The number of rotatable bonds is 8. The SMILES string of the molecule is COc1ccc(N2CCN(c3nc4c(c(=O)[nH]c(=O)n4C)n3CCSc3nnnn3-c3ccccc3)CC2)cc1. The molecule has 6 rings (SSSR count). The molecule has 0 unspecified atom stereocenters. The highest BCUT2D eigenvalue weighted by molar-refractivity contribution is 7.99. The molecule has 14 heteroatoms. The molecule has 0 bridgehead atoms. The lowest BCUT2D eigenvalue weighted by Crippen LogP contribution is -2.47. The van der Waals surface area contributed by atoms with E-state index >= 15 is 0 Å². The van der Waals surface area contributed by atoms with E-state index in [2.05, 4.69) is 42.4 Å². The van der Waals surface area contributed by atoms with Gasteiger partial charge in [-0.1, -0.05) is 30.0 Å². The number of methoxy groups -OCH3 is 1. The first kappa shape index (κ1) is 25.7. The lowest BCUT2D eigenvalue weighted by molar-refractivity contribution is 0.415. The van der Waals surface area contributed by atoms with E-state index in [1.165, 1.54) is 16.3 Å². The molecule has 1 saturated heterocycles. The number of para-hydroxylation sites is 1. The third kappa shape index (κ3) is 4.81. The Morgan fingerprint density at radius 3 is 2.40 bits per heavy atom. The first-order valence-electron chi connectivity index (χ1n) is 12.8. The van der Waals surface area contributed by atoms with Crippen molar-refractivity contribution in [3.63, 3.8) is 0 Å². The Morgan fingerprint density at radius 1 is 0.950 bits per heavy atom. The summed E-state index contributed by atoms with van der Waals surface area (Å²) in [7, 11) is 3.27. The van der Waals surface area contributed by atoms with E-state index < -0.39 is 11.2 Å². The van der Waals surface area contributed by atoms with Crippen molar-refractivity contribution < 1.29 is 4.74 Å². The van der Waals surface area contributed by atoms with Crippen LogP contribution in [0.5, 0.6) is 5.75 Å². The molecular weight excluding hydrogens is 532 g/mol. The molecule has 13 nitrogen and oxygen atoms in total. The van der Waals surface area contributed by atoms with Gasteiger partial charge in [0.15, 0.2) is 11.2 Å². The molecule has 4 heterocycles. The number of aromatic nitrogens is 8. The van der Waals surface area contributed by atoms with Gasteiger partial charge in [-0.2, -0.15) is 9.67 Å². The van der Waals surface area contributed by atoms with Crippen LogP contribution < -0.4 is 25.8 Å². The van der Waals surface area contributed by atoms with Crippen molar-refractivity contribution >= 4 is 34.6 Å². The second-order valence-electron chi connectivity index (χ2n) is 9.28. The minimum atomic E-state index is -0.491. The van der Waals surface area contributed by atoms with Crippen LogP contribution in [0.25, 0.3) is 16.9 Å². The van der Waals surface area contributed by atoms with Crippen molar-refractivity contribution in [2.45, 2.75) is 11.7 Å². The summed E-state index contributed by atoms with van der Waals surface area (Å²) in [5.74, 6) is 2.07. The van der Waals surface area contributed by atoms with E-state index in [0.717, 1.165) is 30.2 Å². The van der Waals surface area contributed by atoms with E-state index in [0.29, 0.717) is 47.7 Å². The third-order valence-electron chi connectivity index (χ3n) is 6.97. The van der Waals surface area contributed by atoms with E-state index in [1.54, 1.807) is 18.8 Å². The van der Waals surface area contributed by atoms with Gasteiger partial charge in [0.1, 0.15) is 5.75 Å². The normalized spacial score (nSPS) is 13.8. The second-order valence-corrected chi connectivity index (χ2v) is 10.3. The average Bonchev–Trinajstić information content (AvgIpc) is 3.62. The van der Waals surface area contributed by atoms with E-state index in [1.807, 2.05) is 47.0 Å². The van der Waals surface area contributed by atoms with Crippen LogP contribution in [-0.2, 0) is 13.6 Å². The molecular formula is C26H28N10O3S. The van der Waals surface area contributed by atoms with Crippen molar-refractivity contribution in [3.8, 4) is 11.4 Å². The summed E-state index contributed by atoms with van der Waals surface area (Å²) < 4.78 is 10.3. The average molecular weight is 561 g/mol. The van der Waals surface area contributed by atoms with Gasteiger partial charge >= 0.3 is 5.69 Å². The summed E-state index contributed by atoms with van der Waals surface area (Å²) in [4.78, 5) is 37.0. The largest absolute Gasteiger partial charge is 0.497 e. The number of anilines is 2. The lowest BCUT2D eigenvalue weighted by atomic mass is 10.2.